The van der Waals surface area contributed by atoms with E-state index in [0.29, 0.717) is 0 Å². The van der Waals surface area contributed by atoms with Gasteiger partial charge in [-0.25, -0.2) is 5.43 Å². The number of aryl methyl sites for hydroxylation is 1. The van der Waals surface area contributed by atoms with E-state index in [0.717, 1.165) is 11.8 Å². The topological polar surface area (TPSA) is 102 Å². The normalized spacial score (nSPS) is 10.7. The van der Waals surface area contributed by atoms with Crippen LogP contribution >= 0.6 is 0 Å². The van der Waals surface area contributed by atoms with Crippen molar-refractivity contribution in [3.8, 4) is 0 Å². The lowest BCUT2D eigenvalue weighted by Gasteiger charge is -1.95. The molecule has 0 atom stereocenters. The Labute approximate surface area is 113 Å². The number of carbonyl (C=O) groups excluding carboxylic acids is 1. The molecule has 1 aromatic carbocycles. The molecule has 1 aromatic heterocycles. The summed E-state index contributed by atoms with van der Waals surface area (Å²) in [6, 6.07) is 9.12. The summed E-state index contributed by atoms with van der Waals surface area (Å²) in [5.41, 5.74) is 2.36. The fourth-order valence-corrected chi connectivity index (χ4v) is 1.53. The quantitative estimate of drug-likeness (QED) is 0.511. The Morgan fingerprint density at radius 1 is 1.45 bits per heavy atom. The molecule has 2 rings (SSSR count). The average Bonchev–Trinajstić information content (AvgIpc) is 2.82. The first-order valence-electron chi connectivity index (χ1n) is 5.64. The third-order valence-electron chi connectivity index (χ3n) is 2.40. The Hall–Kier alpha value is -3.03. The van der Waals surface area contributed by atoms with Gasteiger partial charge in [0, 0.05) is 7.05 Å². The largest absolute Gasteiger partial charge is 0.320 e. The van der Waals surface area contributed by atoms with Crippen molar-refractivity contribution in [3.63, 3.8) is 0 Å². The van der Waals surface area contributed by atoms with Crippen molar-refractivity contribution in [3.05, 3.63) is 57.9 Å². The van der Waals surface area contributed by atoms with Gasteiger partial charge in [0.15, 0.2) is 0 Å². The first-order valence-corrected chi connectivity index (χ1v) is 5.64. The smallest absolute Gasteiger partial charge is 0.268 e. The monoisotopic (exact) mass is 273 g/mol. The zero-order chi connectivity index (χ0) is 14.5. The van der Waals surface area contributed by atoms with E-state index in [1.165, 1.54) is 17.9 Å². The zero-order valence-electron chi connectivity index (χ0n) is 10.6. The van der Waals surface area contributed by atoms with Crippen LogP contribution in [0.3, 0.4) is 0 Å². The van der Waals surface area contributed by atoms with Crippen LogP contribution in [0.5, 0.6) is 0 Å². The second-order valence-electron chi connectivity index (χ2n) is 3.90. The molecule has 1 amide bonds. The van der Waals surface area contributed by atoms with Gasteiger partial charge in [0.25, 0.3) is 5.91 Å². The first kappa shape index (κ1) is 13.4. The van der Waals surface area contributed by atoms with Crippen molar-refractivity contribution in [1.29, 1.82) is 0 Å². The van der Waals surface area contributed by atoms with E-state index in [-0.39, 0.29) is 11.4 Å². The van der Waals surface area contributed by atoms with Crippen LogP contribution in [0.25, 0.3) is 0 Å². The van der Waals surface area contributed by atoms with Gasteiger partial charge in [-0.05, 0) is 5.56 Å². The lowest BCUT2D eigenvalue weighted by Crippen LogP contribution is -2.19. The van der Waals surface area contributed by atoms with Crippen LogP contribution in [-0.4, -0.2) is 26.8 Å². The maximum absolute atomic E-state index is 11.8. The Kier molecular flexibility index (Phi) is 3.85. The second kappa shape index (κ2) is 5.74. The third-order valence-corrected chi connectivity index (χ3v) is 2.40. The molecule has 8 nitrogen and oxygen atoms in total. The van der Waals surface area contributed by atoms with Gasteiger partial charge in [0.1, 0.15) is 6.20 Å². The van der Waals surface area contributed by atoms with Crippen LogP contribution in [0.2, 0.25) is 0 Å². The summed E-state index contributed by atoms with van der Waals surface area (Å²) in [5.74, 6) is -0.732. The Morgan fingerprint density at radius 2 is 2.15 bits per heavy atom. The fourth-order valence-electron chi connectivity index (χ4n) is 1.53. The van der Waals surface area contributed by atoms with Crippen LogP contribution < -0.4 is 5.43 Å². The molecule has 0 unspecified atom stereocenters. The molecule has 0 spiro atoms. The molecule has 102 valence electrons. The highest BCUT2D eigenvalue weighted by Gasteiger charge is 2.24. The highest BCUT2D eigenvalue weighted by Crippen LogP contribution is 2.15. The van der Waals surface area contributed by atoms with E-state index < -0.39 is 10.8 Å². The van der Waals surface area contributed by atoms with Crippen LogP contribution in [0.4, 0.5) is 5.69 Å². The van der Waals surface area contributed by atoms with Gasteiger partial charge >= 0.3 is 5.69 Å². The summed E-state index contributed by atoms with van der Waals surface area (Å²) >= 11 is 0. The minimum absolute atomic E-state index is 0.275. The van der Waals surface area contributed by atoms with E-state index in [1.807, 2.05) is 18.2 Å². The van der Waals surface area contributed by atoms with Crippen molar-refractivity contribution in [1.82, 2.24) is 15.2 Å². The second-order valence-corrected chi connectivity index (χ2v) is 3.90. The summed E-state index contributed by atoms with van der Waals surface area (Å²) < 4.78 is 1.20. The van der Waals surface area contributed by atoms with Crippen molar-refractivity contribution in [2.75, 3.05) is 0 Å². The van der Waals surface area contributed by atoms with Crippen molar-refractivity contribution in [2.45, 2.75) is 0 Å². The molecule has 0 saturated heterocycles. The lowest BCUT2D eigenvalue weighted by molar-refractivity contribution is -0.385. The molecule has 0 aliphatic carbocycles. The molecule has 1 N–H and O–H groups in total. The van der Waals surface area contributed by atoms with Gasteiger partial charge in [-0.3, -0.25) is 19.6 Å². The van der Waals surface area contributed by atoms with E-state index in [4.69, 9.17) is 0 Å². The number of nitro groups is 1. The minimum Gasteiger partial charge on any atom is -0.268 e. The highest BCUT2D eigenvalue weighted by atomic mass is 16.6. The van der Waals surface area contributed by atoms with Crippen molar-refractivity contribution < 1.29 is 9.72 Å². The summed E-state index contributed by atoms with van der Waals surface area (Å²) in [4.78, 5) is 21.9. The number of carbonyl (C=O) groups is 1. The predicted octanol–water partition coefficient (Wildman–Crippen LogP) is 1.09. The van der Waals surface area contributed by atoms with Crippen molar-refractivity contribution in [2.24, 2.45) is 12.1 Å². The van der Waals surface area contributed by atoms with Crippen LogP contribution in [0.15, 0.2) is 41.6 Å². The maximum atomic E-state index is 11.8. The highest BCUT2D eigenvalue weighted by molar-refractivity contribution is 5.96. The molecule has 2 aromatic rings. The van der Waals surface area contributed by atoms with E-state index in [1.54, 1.807) is 12.1 Å². The number of nitrogens with zero attached hydrogens (tertiary/aromatic N) is 4. The molecule has 8 heteroatoms. The van der Waals surface area contributed by atoms with Gasteiger partial charge in [0.2, 0.25) is 5.69 Å². The number of hydrogen-bond acceptors (Lipinski definition) is 5. The summed E-state index contributed by atoms with van der Waals surface area (Å²) in [6.07, 6.45) is 2.60. The predicted molar refractivity (Wildman–Crippen MR) is 71.4 cm³/mol. The lowest BCUT2D eigenvalue weighted by atomic mass is 10.2. The molecule has 0 fully saturated rings. The number of rotatable bonds is 4. The molecular weight excluding hydrogens is 262 g/mol. The standard InChI is InChI=1S/C12H11N5O3/c1-16-8-10(17(19)20)11(15-16)12(18)14-13-7-9-5-3-2-4-6-9/h2-8H,1H3,(H,14,18)/b13-7-. The molecule has 20 heavy (non-hydrogen) atoms. The van der Waals surface area contributed by atoms with Gasteiger partial charge < -0.3 is 0 Å². The van der Waals surface area contributed by atoms with Gasteiger partial charge in [-0.2, -0.15) is 10.2 Å². The van der Waals surface area contributed by atoms with Crippen LogP contribution in [0.1, 0.15) is 16.1 Å². The first-order chi connectivity index (χ1) is 9.58. The number of hydrazone groups is 1. The number of nitrogens with one attached hydrogen (secondary N) is 1. The van der Waals surface area contributed by atoms with E-state index >= 15 is 0 Å². The Bertz CT molecular complexity index is 663. The molecule has 0 saturated carbocycles. The molecule has 0 aliphatic heterocycles. The number of aromatic nitrogens is 2. The van der Waals surface area contributed by atoms with Gasteiger partial charge in [-0.1, -0.05) is 30.3 Å². The number of benzene rings is 1. The summed E-state index contributed by atoms with van der Waals surface area (Å²) in [6.45, 7) is 0. The SMILES string of the molecule is Cn1cc([N+](=O)[O-])c(C(=O)N/N=C\c2ccccc2)n1. The van der Waals surface area contributed by atoms with E-state index in [9.17, 15) is 14.9 Å². The van der Waals surface area contributed by atoms with Crippen LogP contribution in [0, 0.1) is 10.1 Å². The Balaban J connectivity index is 2.09. The van der Waals surface area contributed by atoms with E-state index in [2.05, 4.69) is 15.6 Å². The zero-order valence-corrected chi connectivity index (χ0v) is 10.6. The summed E-state index contributed by atoms with van der Waals surface area (Å²) in [5, 5.41) is 18.2. The molecule has 0 aliphatic rings. The molecule has 0 bridgehead atoms. The third kappa shape index (κ3) is 3.05. The molecule has 0 radical (unpaired) electrons. The maximum Gasteiger partial charge on any atom is 0.320 e. The van der Waals surface area contributed by atoms with Gasteiger partial charge in [0.05, 0.1) is 11.1 Å². The summed E-state index contributed by atoms with van der Waals surface area (Å²) in [7, 11) is 1.50. The Morgan fingerprint density at radius 3 is 2.80 bits per heavy atom. The molecule has 1 heterocycles. The number of hydrogen-bond donors (Lipinski definition) is 1. The average molecular weight is 273 g/mol. The minimum atomic E-state index is -0.732. The number of amides is 1. The fraction of sp³-hybridized carbons (Fsp3) is 0.0833. The van der Waals surface area contributed by atoms with Crippen LogP contribution in [-0.2, 0) is 7.05 Å². The van der Waals surface area contributed by atoms with Crippen molar-refractivity contribution >= 4 is 17.8 Å². The molecular formula is C12H11N5O3. The van der Waals surface area contributed by atoms with Gasteiger partial charge in [-0.15, -0.1) is 0 Å².